The van der Waals surface area contributed by atoms with Crippen LogP contribution in [0, 0.1) is 0 Å². The van der Waals surface area contributed by atoms with E-state index in [0.717, 1.165) is 38.9 Å². The van der Waals surface area contributed by atoms with Crippen molar-refractivity contribution in [3.63, 3.8) is 0 Å². The zero-order chi connectivity index (χ0) is 17.5. The van der Waals surface area contributed by atoms with Crippen LogP contribution in [0.15, 0.2) is 0 Å². The highest BCUT2D eigenvalue weighted by Gasteiger charge is 2.17. The number of alkyl carbamates (subject to hydrolysis) is 1. The largest absolute Gasteiger partial charge is 0.481 e. The molecule has 0 radical (unpaired) electrons. The number of carbonyl (C=O) groups is 2. The van der Waals surface area contributed by atoms with E-state index in [4.69, 9.17) is 9.84 Å². The summed E-state index contributed by atoms with van der Waals surface area (Å²) < 4.78 is 5.27. The number of carboxylic acid groups (broad SMARTS) is 1. The van der Waals surface area contributed by atoms with Crippen LogP contribution in [0.3, 0.4) is 0 Å². The van der Waals surface area contributed by atoms with Crippen LogP contribution in [-0.2, 0) is 9.53 Å². The van der Waals surface area contributed by atoms with Gasteiger partial charge in [0.05, 0.1) is 6.42 Å². The van der Waals surface area contributed by atoms with Crippen LogP contribution in [0.25, 0.3) is 0 Å². The molecule has 0 aromatic heterocycles. The summed E-state index contributed by atoms with van der Waals surface area (Å²) in [6.45, 7) is 9.45. The molecule has 1 atom stereocenters. The lowest BCUT2D eigenvalue weighted by Crippen LogP contribution is -2.36. The number of unbranched alkanes of at least 4 members (excludes halogenated alkanes) is 4. The first-order chi connectivity index (χ1) is 11.0. The van der Waals surface area contributed by atoms with Gasteiger partial charge in [-0.25, -0.2) is 4.79 Å². The highest BCUT2D eigenvalue weighted by Crippen LogP contribution is 2.12. The van der Waals surface area contributed by atoms with Crippen LogP contribution in [-0.4, -0.2) is 54.4 Å². The number of likely N-dealkylation sites (N-methyl/N-ethyl adjacent to an activating group) is 1. The molecule has 0 aromatic carbocycles. The van der Waals surface area contributed by atoms with E-state index in [1.165, 1.54) is 12.8 Å². The molecule has 0 fully saturated rings. The average molecular weight is 330 g/mol. The minimum atomic E-state index is -0.931. The van der Waals surface area contributed by atoms with Crippen LogP contribution in [0.5, 0.6) is 0 Å². The number of hydrogen-bond acceptors (Lipinski definition) is 4. The van der Waals surface area contributed by atoms with Gasteiger partial charge < -0.3 is 20.1 Å². The molecule has 1 unspecified atom stereocenters. The van der Waals surface area contributed by atoms with E-state index in [1.807, 2.05) is 0 Å². The first-order valence-corrected chi connectivity index (χ1v) is 8.92. The highest BCUT2D eigenvalue weighted by atomic mass is 16.6. The van der Waals surface area contributed by atoms with Crippen molar-refractivity contribution in [1.29, 1.82) is 0 Å². The molecule has 0 saturated heterocycles. The van der Waals surface area contributed by atoms with Crippen molar-refractivity contribution >= 4 is 12.1 Å². The molecule has 136 valence electrons. The molecule has 0 aliphatic rings. The Balaban J connectivity index is 4.04. The Labute approximate surface area is 140 Å². The van der Waals surface area contributed by atoms with Gasteiger partial charge in [0.2, 0.25) is 0 Å². The van der Waals surface area contributed by atoms with Gasteiger partial charge in [-0.05, 0) is 25.9 Å². The fraction of sp³-hybridized carbons (Fsp3) is 0.882. The number of amides is 1. The molecular formula is C17H34N2O4. The summed E-state index contributed by atoms with van der Waals surface area (Å²) in [5.74, 6) is -0.931. The molecule has 6 nitrogen and oxygen atoms in total. The van der Waals surface area contributed by atoms with Crippen molar-refractivity contribution < 1.29 is 19.4 Å². The summed E-state index contributed by atoms with van der Waals surface area (Å²) in [6.07, 6.45) is 4.88. The van der Waals surface area contributed by atoms with E-state index in [0.29, 0.717) is 13.0 Å². The molecule has 0 spiro atoms. The standard InChI is InChI=1S/C17H34N2O4/c1-4-7-8-9-10-11-15(14-16(20)21)23-17(22)18-12-13-19(5-2)6-3/h15H,4-14H2,1-3H3,(H,18,22)(H,20,21). The number of nitrogens with one attached hydrogen (secondary N) is 1. The van der Waals surface area contributed by atoms with Crippen LogP contribution < -0.4 is 5.32 Å². The second-order valence-corrected chi connectivity index (χ2v) is 5.78. The Morgan fingerprint density at radius 2 is 1.74 bits per heavy atom. The normalized spacial score (nSPS) is 12.2. The Kier molecular flexibility index (Phi) is 13.5. The quantitative estimate of drug-likeness (QED) is 0.478. The van der Waals surface area contributed by atoms with E-state index in [-0.39, 0.29) is 6.42 Å². The first kappa shape index (κ1) is 21.7. The topological polar surface area (TPSA) is 78.9 Å². The van der Waals surface area contributed by atoms with Crippen molar-refractivity contribution in [3.05, 3.63) is 0 Å². The van der Waals surface area contributed by atoms with Crippen molar-refractivity contribution in [3.8, 4) is 0 Å². The lowest BCUT2D eigenvalue weighted by Gasteiger charge is -2.19. The predicted molar refractivity (Wildman–Crippen MR) is 91.7 cm³/mol. The monoisotopic (exact) mass is 330 g/mol. The summed E-state index contributed by atoms with van der Waals surface area (Å²) in [4.78, 5) is 24.9. The molecule has 2 N–H and O–H groups in total. The van der Waals surface area contributed by atoms with Gasteiger partial charge in [0, 0.05) is 13.1 Å². The molecule has 23 heavy (non-hydrogen) atoms. The van der Waals surface area contributed by atoms with Gasteiger partial charge in [-0.3, -0.25) is 4.79 Å². The summed E-state index contributed by atoms with van der Waals surface area (Å²) in [6, 6.07) is 0. The molecule has 0 heterocycles. The third-order valence-electron chi connectivity index (χ3n) is 3.90. The third-order valence-corrected chi connectivity index (χ3v) is 3.90. The summed E-state index contributed by atoms with van der Waals surface area (Å²) in [5, 5.41) is 11.6. The zero-order valence-electron chi connectivity index (χ0n) is 15.0. The van der Waals surface area contributed by atoms with Crippen molar-refractivity contribution in [1.82, 2.24) is 10.2 Å². The lowest BCUT2D eigenvalue weighted by molar-refractivity contribution is -0.139. The highest BCUT2D eigenvalue weighted by molar-refractivity contribution is 5.70. The van der Waals surface area contributed by atoms with Crippen LogP contribution >= 0.6 is 0 Å². The van der Waals surface area contributed by atoms with E-state index in [1.54, 1.807) is 0 Å². The van der Waals surface area contributed by atoms with Gasteiger partial charge >= 0.3 is 12.1 Å². The summed E-state index contributed by atoms with van der Waals surface area (Å²) >= 11 is 0. The van der Waals surface area contributed by atoms with Crippen LogP contribution in [0.4, 0.5) is 4.79 Å². The minimum absolute atomic E-state index is 0.128. The summed E-state index contributed by atoms with van der Waals surface area (Å²) in [5.41, 5.74) is 0. The van der Waals surface area contributed by atoms with Crippen molar-refractivity contribution in [2.24, 2.45) is 0 Å². The van der Waals surface area contributed by atoms with E-state index in [2.05, 4.69) is 31.0 Å². The fourth-order valence-corrected chi connectivity index (χ4v) is 2.42. The molecule has 1 amide bonds. The second-order valence-electron chi connectivity index (χ2n) is 5.78. The van der Waals surface area contributed by atoms with E-state index < -0.39 is 18.2 Å². The molecule has 0 rings (SSSR count). The number of carbonyl (C=O) groups excluding carboxylic acids is 1. The fourth-order valence-electron chi connectivity index (χ4n) is 2.42. The second kappa shape index (κ2) is 14.3. The zero-order valence-corrected chi connectivity index (χ0v) is 15.0. The molecule has 6 heteroatoms. The van der Waals surface area contributed by atoms with Crippen LogP contribution in [0.2, 0.25) is 0 Å². The van der Waals surface area contributed by atoms with Gasteiger partial charge in [0.15, 0.2) is 0 Å². The van der Waals surface area contributed by atoms with Gasteiger partial charge in [0.25, 0.3) is 0 Å². The maximum Gasteiger partial charge on any atom is 0.407 e. The van der Waals surface area contributed by atoms with Crippen molar-refractivity contribution in [2.75, 3.05) is 26.2 Å². The SMILES string of the molecule is CCCCCCCC(CC(=O)O)OC(=O)NCCN(CC)CC. The lowest BCUT2D eigenvalue weighted by atomic mass is 10.1. The number of hydrogen-bond donors (Lipinski definition) is 2. The van der Waals surface area contributed by atoms with Crippen LogP contribution in [0.1, 0.15) is 65.7 Å². The first-order valence-electron chi connectivity index (χ1n) is 8.92. The van der Waals surface area contributed by atoms with Gasteiger partial charge in [-0.1, -0.05) is 46.5 Å². The smallest absolute Gasteiger partial charge is 0.407 e. The summed E-state index contributed by atoms with van der Waals surface area (Å²) in [7, 11) is 0. The molecule has 0 saturated carbocycles. The number of ether oxygens (including phenoxy) is 1. The molecule has 0 aliphatic heterocycles. The number of nitrogens with zero attached hydrogens (tertiary/aromatic N) is 1. The van der Waals surface area contributed by atoms with Gasteiger partial charge in [-0.2, -0.15) is 0 Å². The number of carboxylic acids is 1. The Morgan fingerprint density at radius 3 is 2.30 bits per heavy atom. The molecular weight excluding hydrogens is 296 g/mol. The minimum Gasteiger partial charge on any atom is -0.481 e. The Hall–Kier alpha value is -1.30. The average Bonchev–Trinajstić information content (AvgIpc) is 2.50. The molecule has 0 aromatic rings. The molecule has 0 aliphatic carbocycles. The number of aliphatic carboxylic acids is 1. The third kappa shape index (κ3) is 12.9. The maximum absolute atomic E-state index is 11.8. The maximum atomic E-state index is 11.8. The van der Waals surface area contributed by atoms with Gasteiger partial charge in [0.1, 0.15) is 6.10 Å². The molecule has 0 bridgehead atoms. The van der Waals surface area contributed by atoms with Crippen molar-refractivity contribution in [2.45, 2.75) is 71.8 Å². The Morgan fingerprint density at radius 1 is 1.09 bits per heavy atom. The van der Waals surface area contributed by atoms with E-state index >= 15 is 0 Å². The van der Waals surface area contributed by atoms with E-state index in [9.17, 15) is 9.59 Å². The Bertz CT molecular complexity index is 320. The van der Waals surface area contributed by atoms with Gasteiger partial charge in [-0.15, -0.1) is 0 Å². The number of rotatable bonds is 14. The predicted octanol–water partition coefficient (Wildman–Crippen LogP) is 3.26.